The third kappa shape index (κ3) is 2.27. The molecule has 0 bridgehead atoms. The maximum absolute atomic E-state index is 10.7. The number of hydrogen-bond donors (Lipinski definition) is 0. The number of thioether (sulfide) groups is 1. The average Bonchev–Trinajstić information content (AvgIpc) is 3.10. The van der Waals surface area contributed by atoms with Crippen molar-refractivity contribution in [3.05, 3.63) is 38.7 Å². The molecule has 3 rings (SSSR count). The zero-order valence-electron chi connectivity index (χ0n) is 9.03. The van der Waals surface area contributed by atoms with Crippen LogP contribution in [0, 0.1) is 10.1 Å². The molecule has 11 heteroatoms. The second-order valence-electron chi connectivity index (χ2n) is 3.28. The lowest BCUT2D eigenvalue weighted by atomic mass is 10.4. The van der Waals surface area contributed by atoms with Crippen molar-refractivity contribution in [2.45, 2.75) is 9.33 Å². The van der Waals surface area contributed by atoms with Crippen LogP contribution in [-0.2, 0) is 4.99 Å². The summed E-state index contributed by atoms with van der Waals surface area (Å²) in [5.74, 6) is 0. The van der Waals surface area contributed by atoms with Gasteiger partial charge in [-0.1, -0.05) is 11.3 Å². The number of nitro groups is 1. The van der Waals surface area contributed by atoms with Gasteiger partial charge in [-0.2, -0.15) is 0 Å². The van der Waals surface area contributed by atoms with Crippen LogP contribution in [0.5, 0.6) is 0 Å². The highest BCUT2D eigenvalue weighted by atomic mass is 32.2. The summed E-state index contributed by atoms with van der Waals surface area (Å²) in [7, 11) is 0. The first-order chi connectivity index (χ1) is 9.20. The molecule has 19 heavy (non-hydrogen) atoms. The van der Waals surface area contributed by atoms with Gasteiger partial charge in [-0.25, -0.2) is 4.98 Å². The van der Waals surface area contributed by atoms with Gasteiger partial charge >= 0.3 is 5.00 Å². The number of thiazole rings is 1. The lowest BCUT2D eigenvalue weighted by Crippen LogP contribution is -2.11. The van der Waals surface area contributed by atoms with E-state index < -0.39 is 9.92 Å². The summed E-state index contributed by atoms with van der Waals surface area (Å²) in [4.78, 5) is 14.0. The molecular formula is C8H4N6O2S3. The Morgan fingerprint density at radius 2 is 2.11 bits per heavy atom. The van der Waals surface area contributed by atoms with Crippen molar-refractivity contribution >= 4 is 39.4 Å². The molecule has 0 aromatic carbocycles. The first-order valence-corrected chi connectivity index (χ1v) is 7.38. The average molecular weight is 312 g/mol. The van der Waals surface area contributed by atoms with Crippen LogP contribution >= 0.6 is 34.4 Å². The van der Waals surface area contributed by atoms with Gasteiger partial charge < -0.3 is 0 Å². The Balaban J connectivity index is 1.98. The smallest absolute Gasteiger partial charge is 0.258 e. The molecule has 8 nitrogen and oxygen atoms in total. The van der Waals surface area contributed by atoms with Crippen LogP contribution in [0.2, 0.25) is 0 Å². The Morgan fingerprint density at radius 3 is 2.68 bits per heavy atom. The second kappa shape index (κ2) is 4.75. The van der Waals surface area contributed by atoms with E-state index >= 15 is 0 Å². The maximum Gasteiger partial charge on any atom is 0.324 e. The molecule has 3 heterocycles. The second-order valence-corrected chi connectivity index (χ2v) is 6.66. The quantitative estimate of drug-likeness (QED) is 0.631. The first kappa shape index (κ1) is 12.3. The lowest BCUT2D eigenvalue weighted by molar-refractivity contribution is -0.380. The van der Waals surface area contributed by atoms with Crippen molar-refractivity contribution in [2.24, 2.45) is 20.7 Å². The van der Waals surface area contributed by atoms with Crippen LogP contribution in [0.1, 0.15) is 4.88 Å². The van der Waals surface area contributed by atoms with Crippen LogP contribution in [-0.4, -0.2) is 9.91 Å². The molecule has 0 spiro atoms. The molecule has 0 amide bonds. The van der Waals surface area contributed by atoms with Gasteiger partial charge in [0, 0.05) is 17.6 Å². The molecule has 0 N–H and O–H groups in total. The Hall–Kier alpha value is -1.72. The van der Waals surface area contributed by atoms with Crippen LogP contribution < -0.4 is 0 Å². The van der Waals surface area contributed by atoms with Gasteiger partial charge in [-0.15, -0.1) is 21.6 Å². The highest BCUT2D eigenvalue weighted by Gasteiger charge is 2.40. The maximum atomic E-state index is 10.7. The van der Waals surface area contributed by atoms with Gasteiger partial charge in [0.1, 0.15) is 0 Å². The molecular weight excluding hydrogens is 308 g/mol. The molecule has 0 radical (unpaired) electrons. The Kier molecular flexibility index (Phi) is 3.08. The summed E-state index contributed by atoms with van der Waals surface area (Å²) < 4.78 is 0.746. The molecule has 1 aliphatic rings. The number of aromatic nitrogens is 1. The number of thiophene rings is 1. The van der Waals surface area contributed by atoms with Crippen LogP contribution in [0.3, 0.4) is 0 Å². The fourth-order valence-electron chi connectivity index (χ4n) is 1.35. The van der Waals surface area contributed by atoms with Crippen molar-refractivity contribution in [1.29, 1.82) is 0 Å². The van der Waals surface area contributed by atoms with E-state index in [1.807, 2.05) is 5.38 Å². The van der Waals surface area contributed by atoms with E-state index in [4.69, 9.17) is 0 Å². The minimum Gasteiger partial charge on any atom is -0.258 e. The van der Waals surface area contributed by atoms with Gasteiger partial charge in [-0.05, 0) is 28.3 Å². The number of hydrogen-bond acceptors (Lipinski definition) is 10. The van der Waals surface area contributed by atoms with Gasteiger partial charge in [0.05, 0.1) is 9.80 Å². The van der Waals surface area contributed by atoms with Crippen LogP contribution in [0.25, 0.3) is 0 Å². The number of rotatable bonds is 4. The predicted molar refractivity (Wildman–Crippen MR) is 70.3 cm³/mol. The van der Waals surface area contributed by atoms with Crippen LogP contribution in [0.4, 0.5) is 5.00 Å². The van der Waals surface area contributed by atoms with E-state index in [0.29, 0.717) is 4.88 Å². The van der Waals surface area contributed by atoms with E-state index in [1.54, 1.807) is 12.3 Å². The Morgan fingerprint density at radius 1 is 1.32 bits per heavy atom. The molecule has 96 valence electrons. The summed E-state index contributed by atoms with van der Waals surface area (Å²) in [5.41, 5.74) is 0. The summed E-state index contributed by atoms with van der Waals surface area (Å²) in [6.45, 7) is 0. The first-order valence-electron chi connectivity index (χ1n) is 4.87. The minimum absolute atomic E-state index is 0.0337. The monoisotopic (exact) mass is 312 g/mol. The molecule has 0 saturated heterocycles. The fourth-order valence-corrected chi connectivity index (χ4v) is 4.14. The molecule has 0 fully saturated rings. The van der Waals surface area contributed by atoms with Crippen molar-refractivity contribution < 1.29 is 4.92 Å². The molecule has 2 aromatic heterocycles. The SMILES string of the molecule is O=[N+]([O-])c1ccc(C2(Sc3nccs3)N=NN=N2)s1. The minimum atomic E-state index is -1.09. The van der Waals surface area contributed by atoms with Gasteiger partial charge in [0.25, 0.3) is 4.99 Å². The standard InChI is InChI=1S/C8H4N6O2S3/c15-14(16)6-2-1-5(18-6)8(10-12-13-11-8)19-7-9-3-4-17-7/h1-4H. The van der Waals surface area contributed by atoms with Gasteiger partial charge in [-0.3, -0.25) is 10.1 Å². The van der Waals surface area contributed by atoms with Crippen molar-refractivity contribution in [2.75, 3.05) is 0 Å². The van der Waals surface area contributed by atoms with E-state index in [-0.39, 0.29) is 5.00 Å². The van der Waals surface area contributed by atoms with E-state index in [9.17, 15) is 10.1 Å². The van der Waals surface area contributed by atoms with Gasteiger partial charge in [0.15, 0.2) is 4.34 Å². The zero-order valence-corrected chi connectivity index (χ0v) is 11.5. The van der Waals surface area contributed by atoms with Crippen molar-refractivity contribution in [3.8, 4) is 0 Å². The van der Waals surface area contributed by atoms with Crippen molar-refractivity contribution in [3.63, 3.8) is 0 Å². The summed E-state index contributed by atoms with van der Waals surface area (Å²) >= 11 is 3.70. The largest absolute Gasteiger partial charge is 0.324 e. The summed E-state index contributed by atoms with van der Waals surface area (Å²) in [5, 5.41) is 27.6. The summed E-state index contributed by atoms with van der Waals surface area (Å²) in [6, 6.07) is 3.04. The number of nitrogens with zero attached hydrogens (tertiary/aromatic N) is 6. The van der Waals surface area contributed by atoms with E-state index in [2.05, 4.69) is 25.7 Å². The molecule has 2 aromatic rings. The highest BCUT2D eigenvalue weighted by Crippen LogP contribution is 2.50. The summed E-state index contributed by atoms with van der Waals surface area (Å²) in [6.07, 6.45) is 1.67. The zero-order chi connectivity index (χ0) is 13.3. The Labute approximate surface area is 118 Å². The highest BCUT2D eigenvalue weighted by molar-refractivity contribution is 8.02. The molecule has 1 aliphatic heterocycles. The third-order valence-electron chi connectivity index (χ3n) is 2.13. The van der Waals surface area contributed by atoms with Gasteiger partial charge in [0.2, 0.25) is 0 Å². The Bertz CT molecular complexity index is 652. The molecule has 0 aliphatic carbocycles. The molecule has 0 saturated carbocycles. The normalized spacial score (nSPS) is 16.0. The van der Waals surface area contributed by atoms with Crippen molar-refractivity contribution in [1.82, 2.24) is 4.98 Å². The topological polar surface area (TPSA) is 105 Å². The molecule has 0 atom stereocenters. The molecule has 0 unspecified atom stereocenters. The third-order valence-corrected chi connectivity index (χ3v) is 5.45. The van der Waals surface area contributed by atoms with Crippen LogP contribution in [0.15, 0.2) is 48.7 Å². The lowest BCUT2D eigenvalue weighted by Gasteiger charge is -2.14. The van der Waals surface area contributed by atoms with E-state index in [1.165, 1.54) is 29.2 Å². The predicted octanol–water partition coefficient (Wildman–Crippen LogP) is 3.85. The fraction of sp³-hybridized carbons (Fsp3) is 0.125. The van der Waals surface area contributed by atoms with E-state index in [0.717, 1.165) is 15.7 Å².